The maximum absolute atomic E-state index is 3.52. The van der Waals surface area contributed by atoms with Crippen LogP contribution in [0, 0.1) is 0 Å². The first-order valence-electron chi connectivity index (χ1n) is 6.61. The van der Waals surface area contributed by atoms with Crippen LogP contribution in [0.25, 0.3) is 0 Å². The predicted octanol–water partition coefficient (Wildman–Crippen LogP) is 2.26. The fraction of sp³-hybridized carbons (Fsp3) is 0.600. The quantitative estimate of drug-likeness (QED) is 0.814. The van der Waals surface area contributed by atoms with E-state index in [0.29, 0.717) is 0 Å². The van der Waals surface area contributed by atoms with Crippen LogP contribution in [0.1, 0.15) is 37.0 Å². The first-order valence-corrected chi connectivity index (χ1v) is 6.61. The molecule has 0 radical (unpaired) electrons. The molecule has 0 spiro atoms. The van der Waals surface area contributed by atoms with E-state index in [0.717, 1.165) is 13.1 Å². The minimum atomic E-state index is 0.163. The molecule has 1 aliphatic rings. The molecule has 1 aliphatic carbocycles. The number of fused-ring (bicyclic) bond motifs is 1. The van der Waals surface area contributed by atoms with Crippen molar-refractivity contribution in [3.63, 3.8) is 0 Å². The summed E-state index contributed by atoms with van der Waals surface area (Å²) in [6.45, 7) is 6.38. The molecule has 0 atom stereocenters. The van der Waals surface area contributed by atoms with Gasteiger partial charge in [0.05, 0.1) is 0 Å². The van der Waals surface area contributed by atoms with Gasteiger partial charge in [0.2, 0.25) is 0 Å². The number of nitrogens with one attached hydrogen (secondary N) is 2. The third-order valence-electron chi connectivity index (χ3n) is 3.74. The largest absolute Gasteiger partial charge is 0.314 e. The second kappa shape index (κ2) is 5.19. The summed E-state index contributed by atoms with van der Waals surface area (Å²) in [5.74, 6) is 0. The van der Waals surface area contributed by atoms with Crippen LogP contribution < -0.4 is 10.6 Å². The van der Waals surface area contributed by atoms with E-state index < -0.39 is 0 Å². The topological polar surface area (TPSA) is 24.1 Å². The van der Waals surface area contributed by atoms with Crippen molar-refractivity contribution in [2.24, 2.45) is 0 Å². The maximum Gasteiger partial charge on any atom is 0.0246 e. The van der Waals surface area contributed by atoms with E-state index in [4.69, 9.17) is 0 Å². The van der Waals surface area contributed by atoms with E-state index in [-0.39, 0.29) is 5.54 Å². The molecule has 94 valence electrons. The van der Waals surface area contributed by atoms with Crippen molar-refractivity contribution >= 4 is 0 Å². The molecule has 0 aromatic heterocycles. The molecular formula is C15H24N2. The first kappa shape index (κ1) is 12.6. The Morgan fingerprint density at radius 2 is 1.94 bits per heavy atom. The van der Waals surface area contributed by atoms with Gasteiger partial charge in [0.25, 0.3) is 0 Å². The smallest absolute Gasteiger partial charge is 0.0246 e. The number of hydrogen-bond donors (Lipinski definition) is 2. The van der Waals surface area contributed by atoms with Crippen molar-refractivity contribution in [3.05, 3.63) is 34.9 Å². The molecule has 0 aliphatic heterocycles. The highest BCUT2D eigenvalue weighted by molar-refractivity contribution is 5.35. The third kappa shape index (κ3) is 3.30. The average Bonchev–Trinajstić information content (AvgIpc) is 2.76. The molecule has 0 saturated carbocycles. The third-order valence-corrected chi connectivity index (χ3v) is 3.74. The van der Waals surface area contributed by atoms with Gasteiger partial charge in [-0.05, 0) is 56.8 Å². The molecule has 1 aromatic carbocycles. The highest BCUT2D eigenvalue weighted by Gasteiger charge is 2.14. The Labute approximate surface area is 105 Å². The van der Waals surface area contributed by atoms with E-state index in [2.05, 4.69) is 42.7 Å². The van der Waals surface area contributed by atoms with Crippen LogP contribution in [0.3, 0.4) is 0 Å². The summed E-state index contributed by atoms with van der Waals surface area (Å²) in [5, 5.41) is 6.83. The molecule has 0 amide bonds. The molecule has 0 saturated heterocycles. The van der Waals surface area contributed by atoms with Crippen molar-refractivity contribution in [1.82, 2.24) is 10.6 Å². The van der Waals surface area contributed by atoms with Gasteiger partial charge in [-0.2, -0.15) is 0 Å². The van der Waals surface area contributed by atoms with Crippen LogP contribution in [0.2, 0.25) is 0 Å². The monoisotopic (exact) mass is 232 g/mol. The zero-order valence-electron chi connectivity index (χ0n) is 11.3. The summed E-state index contributed by atoms with van der Waals surface area (Å²) in [4.78, 5) is 0. The summed E-state index contributed by atoms with van der Waals surface area (Å²) < 4.78 is 0. The fourth-order valence-electron chi connectivity index (χ4n) is 2.34. The number of hydrogen-bond acceptors (Lipinski definition) is 2. The molecule has 2 heteroatoms. The Morgan fingerprint density at radius 3 is 2.71 bits per heavy atom. The normalized spacial score (nSPS) is 15.0. The summed E-state index contributed by atoms with van der Waals surface area (Å²) in [5.41, 5.74) is 4.70. The van der Waals surface area contributed by atoms with Crippen LogP contribution in [-0.4, -0.2) is 19.1 Å². The lowest BCUT2D eigenvalue weighted by molar-refractivity contribution is 0.393. The van der Waals surface area contributed by atoms with E-state index in [9.17, 15) is 0 Å². The second-order valence-electron chi connectivity index (χ2n) is 5.69. The van der Waals surface area contributed by atoms with Gasteiger partial charge in [0.15, 0.2) is 0 Å². The lowest BCUT2D eigenvalue weighted by Crippen LogP contribution is -2.45. The maximum atomic E-state index is 3.52. The van der Waals surface area contributed by atoms with Crippen molar-refractivity contribution < 1.29 is 0 Å². The van der Waals surface area contributed by atoms with Gasteiger partial charge in [-0.15, -0.1) is 0 Å². The van der Waals surface area contributed by atoms with Crippen LogP contribution in [0.4, 0.5) is 0 Å². The van der Waals surface area contributed by atoms with Crippen LogP contribution in [0.15, 0.2) is 18.2 Å². The van der Waals surface area contributed by atoms with Crippen molar-refractivity contribution in [2.45, 2.75) is 45.2 Å². The zero-order valence-corrected chi connectivity index (χ0v) is 11.3. The van der Waals surface area contributed by atoms with Gasteiger partial charge < -0.3 is 10.6 Å². The molecule has 2 rings (SSSR count). The van der Waals surface area contributed by atoms with E-state index in [1.54, 1.807) is 11.1 Å². The summed E-state index contributed by atoms with van der Waals surface area (Å²) in [6.07, 6.45) is 3.88. The lowest BCUT2D eigenvalue weighted by atomic mass is 10.0. The van der Waals surface area contributed by atoms with Gasteiger partial charge in [-0.3, -0.25) is 0 Å². The average molecular weight is 232 g/mol. The van der Waals surface area contributed by atoms with Crippen molar-refractivity contribution in [1.29, 1.82) is 0 Å². The van der Waals surface area contributed by atoms with Crippen LogP contribution >= 0.6 is 0 Å². The zero-order chi connectivity index (χ0) is 12.3. The van der Waals surface area contributed by atoms with Gasteiger partial charge in [-0.1, -0.05) is 18.2 Å². The Bertz CT molecular complexity index is 383. The molecule has 1 aromatic rings. The fourth-order valence-corrected chi connectivity index (χ4v) is 2.34. The van der Waals surface area contributed by atoms with E-state index in [1.807, 2.05) is 7.05 Å². The van der Waals surface area contributed by atoms with E-state index in [1.165, 1.54) is 24.8 Å². The predicted molar refractivity (Wildman–Crippen MR) is 73.3 cm³/mol. The number of benzene rings is 1. The Morgan fingerprint density at radius 1 is 1.18 bits per heavy atom. The van der Waals surface area contributed by atoms with Gasteiger partial charge in [-0.25, -0.2) is 0 Å². The van der Waals surface area contributed by atoms with Gasteiger partial charge >= 0.3 is 0 Å². The lowest BCUT2D eigenvalue weighted by Gasteiger charge is -2.24. The molecule has 17 heavy (non-hydrogen) atoms. The Balaban J connectivity index is 1.88. The minimum absolute atomic E-state index is 0.163. The number of aryl methyl sites for hydroxylation is 2. The summed E-state index contributed by atoms with van der Waals surface area (Å²) in [7, 11) is 2.01. The van der Waals surface area contributed by atoms with E-state index >= 15 is 0 Å². The Hall–Kier alpha value is -0.860. The molecule has 0 heterocycles. The number of likely N-dealkylation sites (N-methyl/N-ethyl adjacent to an activating group) is 1. The highest BCUT2D eigenvalue weighted by atomic mass is 15.0. The van der Waals surface area contributed by atoms with Crippen molar-refractivity contribution in [3.8, 4) is 0 Å². The molecule has 2 N–H and O–H groups in total. The molecule has 2 nitrogen and oxygen atoms in total. The SMILES string of the molecule is CNC(C)(C)CNCc1ccc2c(c1)CCC2. The molecule has 0 unspecified atom stereocenters. The van der Waals surface area contributed by atoms with Gasteiger partial charge in [0, 0.05) is 18.6 Å². The van der Waals surface area contributed by atoms with Crippen LogP contribution in [0.5, 0.6) is 0 Å². The standard InChI is InChI=1S/C15H24N2/c1-15(2,16-3)11-17-10-12-7-8-13-5-4-6-14(13)9-12/h7-9,16-17H,4-6,10-11H2,1-3H3. The Kier molecular flexibility index (Phi) is 3.85. The van der Waals surface area contributed by atoms with Gasteiger partial charge in [0.1, 0.15) is 0 Å². The molecular weight excluding hydrogens is 208 g/mol. The molecule has 0 fully saturated rings. The highest BCUT2D eigenvalue weighted by Crippen LogP contribution is 2.22. The van der Waals surface area contributed by atoms with Crippen molar-refractivity contribution in [2.75, 3.05) is 13.6 Å². The number of rotatable bonds is 5. The second-order valence-corrected chi connectivity index (χ2v) is 5.69. The summed E-state index contributed by atoms with van der Waals surface area (Å²) in [6, 6.07) is 6.95. The first-order chi connectivity index (χ1) is 8.11. The molecule has 0 bridgehead atoms. The van der Waals surface area contributed by atoms with Crippen LogP contribution in [-0.2, 0) is 19.4 Å². The summed E-state index contributed by atoms with van der Waals surface area (Å²) >= 11 is 0. The minimum Gasteiger partial charge on any atom is -0.314 e.